The number of rotatable bonds is 2. The molecule has 16 heavy (non-hydrogen) atoms. The fourth-order valence-electron chi connectivity index (χ4n) is 1.81. The Hall–Kier alpha value is -1.62. The fourth-order valence-corrected chi connectivity index (χ4v) is 3.33. The van der Waals surface area contributed by atoms with Gasteiger partial charge in [0.05, 0.1) is 11.3 Å². The highest BCUT2D eigenvalue weighted by atomic mass is 32.2. The zero-order valence-corrected chi connectivity index (χ0v) is 9.41. The first-order valence-corrected chi connectivity index (χ1v) is 6.18. The Labute approximate surface area is 93.1 Å². The van der Waals surface area contributed by atoms with E-state index in [4.69, 9.17) is 5.11 Å². The van der Waals surface area contributed by atoms with E-state index in [1.807, 2.05) is 0 Å². The van der Waals surface area contributed by atoms with Crippen LogP contribution in [0.5, 0.6) is 0 Å². The third-order valence-electron chi connectivity index (χ3n) is 2.52. The first kappa shape index (κ1) is 10.9. The van der Waals surface area contributed by atoms with Crippen LogP contribution in [0.3, 0.4) is 0 Å². The van der Waals surface area contributed by atoms with Crippen LogP contribution in [0.4, 0.5) is 0 Å². The van der Waals surface area contributed by atoms with Crippen LogP contribution in [0, 0.1) is 0 Å². The van der Waals surface area contributed by atoms with Gasteiger partial charge in [-0.05, 0) is 24.1 Å². The smallest absolute Gasteiger partial charge is 0.307 e. The summed E-state index contributed by atoms with van der Waals surface area (Å²) in [7, 11) is -3.46. The number of carbonyl (C=O) groups is 1. The zero-order valence-electron chi connectivity index (χ0n) is 8.60. The molecule has 0 fully saturated rings. The molecule has 0 amide bonds. The van der Waals surface area contributed by atoms with Crippen LogP contribution >= 0.6 is 0 Å². The van der Waals surface area contributed by atoms with Gasteiger partial charge in [0, 0.05) is 4.91 Å². The molecule has 1 N–H and O–H groups in total. The Morgan fingerprint density at radius 1 is 1.38 bits per heavy atom. The highest BCUT2D eigenvalue weighted by molar-refractivity contribution is 7.95. The van der Waals surface area contributed by atoms with E-state index in [1.165, 1.54) is 13.0 Å². The van der Waals surface area contributed by atoms with Gasteiger partial charge < -0.3 is 5.11 Å². The predicted octanol–water partition coefficient (Wildman–Crippen LogP) is 1.46. The van der Waals surface area contributed by atoms with Crippen molar-refractivity contribution < 1.29 is 18.3 Å². The van der Waals surface area contributed by atoms with E-state index >= 15 is 0 Å². The summed E-state index contributed by atoms with van der Waals surface area (Å²) in [5, 5.41) is 8.72. The lowest BCUT2D eigenvalue weighted by molar-refractivity contribution is -0.136. The van der Waals surface area contributed by atoms with E-state index in [0.717, 1.165) is 0 Å². The van der Waals surface area contributed by atoms with Crippen molar-refractivity contribution in [3.05, 3.63) is 34.2 Å². The normalized spacial score (nSPS) is 16.7. The van der Waals surface area contributed by atoms with E-state index in [9.17, 15) is 13.2 Å². The average Bonchev–Trinajstić information content (AvgIpc) is 2.38. The van der Waals surface area contributed by atoms with Crippen molar-refractivity contribution >= 4 is 21.9 Å². The molecule has 1 aromatic rings. The van der Waals surface area contributed by atoms with Crippen molar-refractivity contribution in [2.45, 2.75) is 18.2 Å². The molecule has 4 nitrogen and oxygen atoms in total. The summed E-state index contributed by atoms with van der Waals surface area (Å²) >= 11 is 0. The van der Waals surface area contributed by atoms with E-state index in [1.54, 1.807) is 18.2 Å². The van der Waals surface area contributed by atoms with Gasteiger partial charge in [0.1, 0.15) is 0 Å². The molecule has 0 aromatic heterocycles. The second-order valence-electron chi connectivity index (χ2n) is 3.66. The Balaban J connectivity index is 2.66. The molecule has 1 aromatic carbocycles. The van der Waals surface area contributed by atoms with E-state index in [-0.39, 0.29) is 16.2 Å². The van der Waals surface area contributed by atoms with Gasteiger partial charge >= 0.3 is 5.97 Å². The number of benzene rings is 1. The van der Waals surface area contributed by atoms with Crippen molar-refractivity contribution in [3.63, 3.8) is 0 Å². The second-order valence-corrected chi connectivity index (χ2v) is 5.72. The zero-order chi connectivity index (χ0) is 11.9. The number of hydrogen-bond donors (Lipinski definition) is 1. The van der Waals surface area contributed by atoms with Crippen molar-refractivity contribution in [1.29, 1.82) is 0 Å². The van der Waals surface area contributed by atoms with Gasteiger partial charge in [0.25, 0.3) is 0 Å². The number of aliphatic carboxylic acids is 1. The molecule has 2 rings (SSSR count). The minimum atomic E-state index is -3.46. The monoisotopic (exact) mass is 238 g/mol. The Morgan fingerprint density at radius 3 is 2.69 bits per heavy atom. The van der Waals surface area contributed by atoms with E-state index < -0.39 is 15.8 Å². The maximum atomic E-state index is 11.9. The van der Waals surface area contributed by atoms with Gasteiger partial charge in [0.2, 0.25) is 9.84 Å². The minimum absolute atomic E-state index is 0.148. The topological polar surface area (TPSA) is 71.4 Å². The van der Waals surface area contributed by atoms with Gasteiger partial charge in [-0.1, -0.05) is 18.2 Å². The summed E-state index contributed by atoms with van der Waals surface area (Å²) in [6, 6.07) is 4.88. The van der Waals surface area contributed by atoms with Crippen LogP contribution in [-0.4, -0.2) is 19.5 Å². The number of carboxylic acid groups (broad SMARTS) is 1. The van der Waals surface area contributed by atoms with Crippen molar-refractivity contribution in [2.75, 3.05) is 0 Å². The van der Waals surface area contributed by atoms with Crippen LogP contribution < -0.4 is 0 Å². The average molecular weight is 238 g/mol. The van der Waals surface area contributed by atoms with Gasteiger partial charge in [0.15, 0.2) is 0 Å². The maximum Gasteiger partial charge on any atom is 0.307 e. The summed E-state index contributed by atoms with van der Waals surface area (Å²) in [4.78, 5) is 11.1. The second kappa shape index (κ2) is 3.45. The van der Waals surface area contributed by atoms with E-state index in [0.29, 0.717) is 11.1 Å². The standard InChI is InChI=1S/C11H10O4S/c1-7-5-8-3-2-4-9(6-10(12)13)11(8)16(7,14)15/h2-5H,6H2,1H3,(H,12,13). The summed E-state index contributed by atoms with van der Waals surface area (Å²) in [6.45, 7) is 1.51. The number of carboxylic acids is 1. The summed E-state index contributed by atoms with van der Waals surface area (Å²) in [5.41, 5.74) is 0.925. The summed E-state index contributed by atoms with van der Waals surface area (Å²) < 4.78 is 23.9. The lowest BCUT2D eigenvalue weighted by Gasteiger charge is -2.06. The summed E-state index contributed by atoms with van der Waals surface area (Å²) in [5.74, 6) is -1.03. The molecule has 0 aliphatic carbocycles. The van der Waals surface area contributed by atoms with Crippen LogP contribution in [0.15, 0.2) is 28.0 Å². The molecule has 5 heteroatoms. The van der Waals surface area contributed by atoms with Crippen LogP contribution in [0.2, 0.25) is 0 Å². The lowest BCUT2D eigenvalue weighted by Crippen LogP contribution is -2.07. The van der Waals surface area contributed by atoms with Gasteiger partial charge in [-0.3, -0.25) is 4.79 Å². The molecule has 1 heterocycles. The maximum absolute atomic E-state index is 11.9. The van der Waals surface area contributed by atoms with E-state index in [2.05, 4.69) is 0 Å². The highest BCUT2D eigenvalue weighted by Crippen LogP contribution is 2.35. The predicted molar refractivity (Wildman–Crippen MR) is 58.6 cm³/mol. The molecule has 0 spiro atoms. The quantitative estimate of drug-likeness (QED) is 0.846. The van der Waals surface area contributed by atoms with Crippen LogP contribution in [0.25, 0.3) is 6.08 Å². The SMILES string of the molecule is CC1=Cc2cccc(CC(=O)O)c2S1(=O)=O. The Morgan fingerprint density at radius 2 is 2.06 bits per heavy atom. The molecule has 0 saturated carbocycles. The van der Waals surface area contributed by atoms with Gasteiger partial charge in [-0.2, -0.15) is 0 Å². The third-order valence-corrected chi connectivity index (χ3v) is 4.52. The minimum Gasteiger partial charge on any atom is -0.481 e. The molecule has 0 unspecified atom stereocenters. The number of hydrogen-bond acceptors (Lipinski definition) is 3. The van der Waals surface area contributed by atoms with Gasteiger partial charge in [-0.15, -0.1) is 0 Å². The molecule has 1 aliphatic heterocycles. The number of fused-ring (bicyclic) bond motifs is 1. The molecule has 0 radical (unpaired) electrons. The van der Waals surface area contributed by atoms with Crippen molar-refractivity contribution in [2.24, 2.45) is 0 Å². The van der Waals surface area contributed by atoms with Crippen LogP contribution in [-0.2, 0) is 21.1 Å². The first-order chi connectivity index (χ1) is 7.43. The molecule has 0 bridgehead atoms. The molecule has 1 aliphatic rings. The third kappa shape index (κ3) is 1.53. The molecule has 0 atom stereocenters. The van der Waals surface area contributed by atoms with Crippen molar-refractivity contribution in [1.82, 2.24) is 0 Å². The number of sulfone groups is 1. The molecular weight excluding hydrogens is 228 g/mol. The van der Waals surface area contributed by atoms with Crippen LogP contribution in [0.1, 0.15) is 18.1 Å². The Kier molecular flexibility index (Phi) is 2.35. The number of allylic oxidation sites excluding steroid dienone is 1. The highest BCUT2D eigenvalue weighted by Gasteiger charge is 2.29. The van der Waals surface area contributed by atoms with Crippen molar-refractivity contribution in [3.8, 4) is 0 Å². The van der Waals surface area contributed by atoms with Gasteiger partial charge in [-0.25, -0.2) is 8.42 Å². The first-order valence-electron chi connectivity index (χ1n) is 4.70. The molecule has 0 saturated heterocycles. The summed E-state index contributed by atoms with van der Waals surface area (Å²) in [6.07, 6.45) is 1.29. The lowest BCUT2D eigenvalue weighted by atomic mass is 10.1. The molecule has 84 valence electrons. The fraction of sp³-hybridized carbons (Fsp3) is 0.182. The largest absolute Gasteiger partial charge is 0.481 e. The Bertz CT molecular complexity index is 596. The molecular formula is C11H10O4S.